The lowest BCUT2D eigenvalue weighted by Gasteiger charge is -2.15. The summed E-state index contributed by atoms with van der Waals surface area (Å²) in [5, 5.41) is 19.9. The van der Waals surface area contributed by atoms with Crippen LogP contribution in [-0.4, -0.2) is 16.0 Å². The molecule has 0 aliphatic carbocycles. The average molecular weight is 439 g/mol. The number of phenols is 2. The highest BCUT2D eigenvalue weighted by Gasteiger charge is 2.30. The molecule has 1 aliphatic heterocycles. The lowest BCUT2D eigenvalue weighted by molar-refractivity contribution is 0.0953. The number of hydrogen-bond acceptors (Lipinski definition) is 4. The van der Waals surface area contributed by atoms with Gasteiger partial charge in [-0.3, -0.25) is 4.79 Å². The van der Waals surface area contributed by atoms with Crippen LogP contribution in [-0.2, 0) is 0 Å². The molecule has 0 saturated heterocycles. The first-order chi connectivity index (χ1) is 15.5. The summed E-state index contributed by atoms with van der Waals surface area (Å²) in [6.07, 6.45) is 0.665. The van der Waals surface area contributed by atoms with Crippen molar-refractivity contribution in [2.24, 2.45) is 0 Å². The van der Waals surface area contributed by atoms with Gasteiger partial charge in [-0.25, -0.2) is 0 Å². The van der Waals surface area contributed by atoms with Gasteiger partial charge >= 0.3 is 0 Å². The van der Waals surface area contributed by atoms with E-state index in [9.17, 15) is 15.0 Å². The molecule has 0 fully saturated rings. The molecule has 158 valence electrons. The van der Waals surface area contributed by atoms with E-state index < -0.39 is 0 Å². The van der Waals surface area contributed by atoms with Crippen LogP contribution in [0.15, 0.2) is 94.7 Å². The highest BCUT2D eigenvalue weighted by Crippen LogP contribution is 2.46. The lowest BCUT2D eigenvalue weighted by atomic mass is 9.87. The van der Waals surface area contributed by atoms with Crippen molar-refractivity contribution in [3.8, 4) is 33.8 Å². The van der Waals surface area contributed by atoms with Gasteiger partial charge in [-0.1, -0.05) is 85.4 Å². The average Bonchev–Trinajstić information content (AvgIpc) is 2.93. The van der Waals surface area contributed by atoms with E-state index in [0.717, 1.165) is 21.6 Å². The van der Waals surface area contributed by atoms with Crippen LogP contribution < -0.4 is 0 Å². The van der Waals surface area contributed by atoms with Gasteiger partial charge in [0.15, 0.2) is 17.3 Å². The number of carbonyl (C=O) groups is 1. The second-order valence-electron chi connectivity index (χ2n) is 7.96. The first-order valence-corrected chi connectivity index (χ1v) is 11.4. The molecule has 0 radical (unpaired) electrons. The van der Waals surface area contributed by atoms with Crippen LogP contribution in [0.3, 0.4) is 0 Å². The Morgan fingerprint density at radius 3 is 2.00 bits per heavy atom. The Balaban J connectivity index is 1.56. The summed E-state index contributed by atoms with van der Waals surface area (Å²) in [5.41, 5.74) is 5.97. The molecule has 32 heavy (non-hydrogen) atoms. The molecule has 3 nitrogen and oxygen atoms in total. The Morgan fingerprint density at radius 2 is 1.31 bits per heavy atom. The van der Waals surface area contributed by atoms with Gasteiger partial charge in [0, 0.05) is 21.3 Å². The van der Waals surface area contributed by atoms with Gasteiger partial charge in [-0.2, -0.15) is 0 Å². The molecule has 1 heterocycles. The molecule has 1 unspecified atom stereocenters. The molecule has 1 atom stereocenters. The van der Waals surface area contributed by atoms with E-state index in [1.54, 1.807) is 0 Å². The van der Waals surface area contributed by atoms with Crippen LogP contribution in [0.5, 0.6) is 11.5 Å². The van der Waals surface area contributed by atoms with Gasteiger partial charge in [0.2, 0.25) is 0 Å². The number of carbonyl (C=O) groups excluding carboxylic acids is 1. The second kappa shape index (κ2) is 8.21. The van der Waals surface area contributed by atoms with Crippen molar-refractivity contribution in [1.82, 2.24) is 0 Å². The normalized spacial score (nSPS) is 15.0. The maximum Gasteiger partial charge on any atom is 0.171 e. The van der Waals surface area contributed by atoms with E-state index in [2.05, 4.69) is 48.5 Å². The number of benzene rings is 4. The molecule has 1 aliphatic rings. The first-order valence-electron chi connectivity index (χ1n) is 10.6. The largest absolute Gasteiger partial charge is 0.504 e. The van der Waals surface area contributed by atoms with Crippen LogP contribution in [0.4, 0.5) is 0 Å². The molecule has 0 amide bonds. The number of hydrogen-bond donors (Lipinski definition) is 2. The third-order valence-electron chi connectivity index (χ3n) is 6.00. The number of Topliss-reactive ketones (excluding diaryl/α,β-unsaturated/α-hetero) is 1. The number of aromatic hydroxyl groups is 2. The number of ketones is 1. The molecule has 0 aromatic heterocycles. The van der Waals surface area contributed by atoms with Crippen molar-refractivity contribution in [2.45, 2.75) is 29.1 Å². The molecule has 0 bridgehead atoms. The summed E-state index contributed by atoms with van der Waals surface area (Å²) in [5.74, 6) is -0.785. The molecule has 0 spiro atoms. The van der Waals surface area contributed by atoms with Crippen LogP contribution in [0.25, 0.3) is 22.3 Å². The van der Waals surface area contributed by atoms with E-state index in [4.69, 9.17) is 0 Å². The SMILES string of the molecule is CCC1C(=O)c2cc(O)c(O)cc2Sc2cc(-c3ccc(-c4ccccc4)cc3)ccc21. The van der Waals surface area contributed by atoms with Gasteiger partial charge in [0.1, 0.15) is 0 Å². The number of phenolic OH excluding ortho intramolecular Hbond substituents is 2. The molecule has 2 N–H and O–H groups in total. The number of rotatable bonds is 3. The van der Waals surface area contributed by atoms with Crippen molar-refractivity contribution < 1.29 is 15.0 Å². The van der Waals surface area contributed by atoms with Crippen molar-refractivity contribution in [1.29, 1.82) is 0 Å². The maximum absolute atomic E-state index is 13.2. The third kappa shape index (κ3) is 3.57. The highest BCUT2D eigenvalue weighted by molar-refractivity contribution is 7.99. The van der Waals surface area contributed by atoms with Crippen LogP contribution in [0, 0.1) is 0 Å². The Morgan fingerprint density at radius 1 is 0.719 bits per heavy atom. The summed E-state index contributed by atoms with van der Waals surface area (Å²) in [4.78, 5) is 14.9. The molecule has 4 aromatic carbocycles. The predicted molar refractivity (Wildman–Crippen MR) is 129 cm³/mol. The van der Waals surface area contributed by atoms with Crippen LogP contribution >= 0.6 is 11.8 Å². The van der Waals surface area contributed by atoms with E-state index in [-0.39, 0.29) is 23.2 Å². The molecular weight excluding hydrogens is 416 g/mol. The molecule has 4 aromatic rings. The monoisotopic (exact) mass is 438 g/mol. The van der Waals surface area contributed by atoms with Crippen LogP contribution in [0.1, 0.15) is 35.2 Å². The highest BCUT2D eigenvalue weighted by atomic mass is 32.2. The fourth-order valence-electron chi connectivity index (χ4n) is 4.26. The third-order valence-corrected chi connectivity index (χ3v) is 7.13. The van der Waals surface area contributed by atoms with Crippen LogP contribution in [0.2, 0.25) is 0 Å². The lowest BCUT2D eigenvalue weighted by Crippen LogP contribution is -2.12. The zero-order valence-electron chi connectivity index (χ0n) is 17.6. The Hall–Kier alpha value is -3.50. The molecular formula is C28H22O3S. The van der Waals surface area contributed by atoms with Crippen molar-refractivity contribution in [3.05, 3.63) is 96.1 Å². The van der Waals surface area contributed by atoms with Gasteiger partial charge < -0.3 is 10.2 Å². The molecule has 0 saturated carbocycles. The molecule has 5 rings (SSSR count). The minimum atomic E-state index is -0.280. The summed E-state index contributed by atoms with van der Waals surface area (Å²) >= 11 is 1.47. The summed E-state index contributed by atoms with van der Waals surface area (Å²) < 4.78 is 0. The Bertz CT molecular complexity index is 1310. The topological polar surface area (TPSA) is 57.5 Å². The van der Waals surface area contributed by atoms with Gasteiger partial charge in [-0.15, -0.1) is 0 Å². The van der Waals surface area contributed by atoms with E-state index in [1.807, 2.05) is 31.2 Å². The van der Waals surface area contributed by atoms with Gasteiger partial charge in [0.05, 0.1) is 0 Å². The minimum absolute atomic E-state index is 0.0241. The van der Waals surface area contributed by atoms with Crippen molar-refractivity contribution >= 4 is 17.5 Å². The fourth-order valence-corrected chi connectivity index (χ4v) is 5.45. The van der Waals surface area contributed by atoms with E-state index in [1.165, 1.54) is 35.0 Å². The zero-order valence-corrected chi connectivity index (χ0v) is 18.4. The van der Waals surface area contributed by atoms with Gasteiger partial charge in [0.25, 0.3) is 0 Å². The van der Waals surface area contributed by atoms with Crippen molar-refractivity contribution in [3.63, 3.8) is 0 Å². The van der Waals surface area contributed by atoms with Crippen molar-refractivity contribution in [2.75, 3.05) is 0 Å². The first kappa shape index (κ1) is 20.4. The number of fused-ring (bicyclic) bond motifs is 2. The summed E-state index contributed by atoms with van der Waals surface area (Å²) in [6, 6.07) is 27.9. The second-order valence-corrected chi connectivity index (χ2v) is 9.04. The standard InChI is InChI=1S/C28H22O3S/c1-2-21-22-13-12-20(19-10-8-18(9-11-19)17-6-4-3-5-7-17)14-26(22)32-27-16-25(30)24(29)15-23(27)28(21)31/h3-16,21,29-30H,2H2,1H3. The molecule has 4 heteroatoms. The Kier molecular flexibility index (Phi) is 5.24. The predicted octanol–water partition coefficient (Wildman–Crippen LogP) is 7.27. The van der Waals surface area contributed by atoms with E-state index >= 15 is 0 Å². The maximum atomic E-state index is 13.2. The zero-order chi connectivity index (χ0) is 22.2. The smallest absolute Gasteiger partial charge is 0.171 e. The summed E-state index contributed by atoms with van der Waals surface area (Å²) in [6.45, 7) is 2.00. The quantitative estimate of drug-likeness (QED) is 0.330. The summed E-state index contributed by atoms with van der Waals surface area (Å²) in [7, 11) is 0. The minimum Gasteiger partial charge on any atom is -0.504 e. The van der Waals surface area contributed by atoms with E-state index in [0.29, 0.717) is 16.9 Å². The Labute approximate surface area is 191 Å². The van der Waals surface area contributed by atoms with Gasteiger partial charge in [-0.05, 0) is 52.4 Å². The fraction of sp³-hybridized carbons (Fsp3) is 0.107.